The summed E-state index contributed by atoms with van der Waals surface area (Å²) in [7, 11) is 0. The predicted molar refractivity (Wildman–Crippen MR) is 165 cm³/mol. The van der Waals surface area contributed by atoms with Crippen LogP contribution in [0, 0.1) is 0 Å². The molecule has 10 heteroatoms. The van der Waals surface area contributed by atoms with Crippen LogP contribution < -0.4 is 30.7 Å². The smallest absolute Gasteiger partial charge is 0.258 e. The van der Waals surface area contributed by atoms with Gasteiger partial charge in [-0.05, 0) is 35.4 Å². The summed E-state index contributed by atoms with van der Waals surface area (Å²) in [6.45, 7) is 0.532. The maximum absolute atomic E-state index is 12.8. The van der Waals surface area contributed by atoms with E-state index >= 15 is 0 Å². The maximum Gasteiger partial charge on any atom is 0.258 e. The third kappa shape index (κ3) is 10.0. The summed E-state index contributed by atoms with van der Waals surface area (Å²) >= 11 is 0. The van der Waals surface area contributed by atoms with Crippen LogP contribution in [0.25, 0.3) is 0 Å². The molecule has 10 nitrogen and oxygen atoms in total. The fourth-order valence-corrected chi connectivity index (χ4v) is 4.08. The topological polar surface area (TPSA) is 135 Å². The van der Waals surface area contributed by atoms with Gasteiger partial charge >= 0.3 is 0 Å². The van der Waals surface area contributed by atoms with Gasteiger partial charge in [0, 0.05) is 26.2 Å². The molecule has 4 rings (SSSR count). The molecule has 4 N–H and O–H groups in total. The van der Waals surface area contributed by atoms with Crippen molar-refractivity contribution in [3.05, 3.63) is 131 Å². The summed E-state index contributed by atoms with van der Waals surface area (Å²) in [5.74, 6) is -0.923. The van der Waals surface area contributed by atoms with Gasteiger partial charge in [-0.2, -0.15) is 0 Å². The van der Waals surface area contributed by atoms with Crippen LogP contribution in [0.4, 0.5) is 0 Å². The van der Waals surface area contributed by atoms with E-state index in [1.54, 1.807) is 48.5 Å². The lowest BCUT2D eigenvalue weighted by atomic mass is 10.2. The molecule has 0 bridgehead atoms. The minimum Gasteiger partial charge on any atom is -0.483 e. The second kappa shape index (κ2) is 16.7. The molecule has 0 aliphatic carbocycles. The highest BCUT2D eigenvalue weighted by Crippen LogP contribution is 2.19. The van der Waals surface area contributed by atoms with Gasteiger partial charge in [0.15, 0.2) is 13.2 Å². The van der Waals surface area contributed by atoms with Crippen molar-refractivity contribution >= 4 is 23.6 Å². The van der Waals surface area contributed by atoms with Crippen LogP contribution in [-0.4, -0.2) is 49.9 Å². The average Bonchev–Trinajstić information content (AvgIpc) is 3.07. The Hall–Kier alpha value is -5.64. The third-order valence-electron chi connectivity index (χ3n) is 6.34. The molecule has 0 radical (unpaired) electrons. The summed E-state index contributed by atoms with van der Waals surface area (Å²) < 4.78 is 11.2. The van der Waals surface area contributed by atoms with Crippen molar-refractivity contribution in [1.29, 1.82) is 0 Å². The van der Waals surface area contributed by atoms with Gasteiger partial charge < -0.3 is 30.7 Å². The lowest BCUT2D eigenvalue weighted by Gasteiger charge is -2.13. The van der Waals surface area contributed by atoms with Gasteiger partial charge in [-0.25, -0.2) is 0 Å². The van der Waals surface area contributed by atoms with E-state index < -0.39 is 11.8 Å². The lowest BCUT2D eigenvalue weighted by Crippen LogP contribution is -2.35. The van der Waals surface area contributed by atoms with Gasteiger partial charge in [-0.3, -0.25) is 19.2 Å². The number of rotatable bonds is 15. The molecule has 0 fully saturated rings. The van der Waals surface area contributed by atoms with Gasteiger partial charge in [-0.1, -0.05) is 84.9 Å². The van der Waals surface area contributed by atoms with Crippen molar-refractivity contribution in [2.45, 2.75) is 13.1 Å². The quantitative estimate of drug-likeness (QED) is 0.156. The summed E-state index contributed by atoms with van der Waals surface area (Å²) in [5.41, 5.74) is 2.45. The van der Waals surface area contributed by atoms with Crippen LogP contribution in [0.2, 0.25) is 0 Å². The number of hydrogen-bond donors (Lipinski definition) is 4. The SMILES string of the molecule is O=C(COc1ccccc1C(=O)NCCNC(=O)c1ccccc1OCC(=O)NCc1ccccc1)NCc1ccccc1. The van der Waals surface area contributed by atoms with Crippen molar-refractivity contribution in [2.75, 3.05) is 26.3 Å². The molecule has 0 unspecified atom stereocenters. The summed E-state index contributed by atoms with van der Waals surface area (Å²) in [6, 6.07) is 32.2. The minimum absolute atomic E-state index is 0.140. The number of carbonyl (C=O) groups is 4. The van der Waals surface area contributed by atoms with Crippen molar-refractivity contribution < 1.29 is 28.7 Å². The van der Waals surface area contributed by atoms with Crippen LogP contribution >= 0.6 is 0 Å². The molecule has 4 aromatic carbocycles. The molecule has 0 aliphatic rings. The van der Waals surface area contributed by atoms with Gasteiger partial charge in [-0.15, -0.1) is 0 Å². The number of amides is 4. The number of hydrogen-bond acceptors (Lipinski definition) is 6. The zero-order valence-electron chi connectivity index (χ0n) is 24.1. The monoisotopic (exact) mass is 594 g/mol. The molecule has 0 saturated carbocycles. The fraction of sp³-hybridized carbons (Fsp3) is 0.176. The molecule has 0 aliphatic heterocycles. The van der Waals surface area contributed by atoms with Gasteiger partial charge in [0.2, 0.25) is 0 Å². The average molecular weight is 595 g/mol. The molecular formula is C34H34N4O6. The van der Waals surface area contributed by atoms with Crippen molar-refractivity contribution in [2.24, 2.45) is 0 Å². The van der Waals surface area contributed by atoms with E-state index in [1.807, 2.05) is 60.7 Å². The van der Waals surface area contributed by atoms with E-state index in [9.17, 15) is 19.2 Å². The Morgan fingerprint density at radius 3 is 1.23 bits per heavy atom. The predicted octanol–water partition coefficient (Wildman–Crippen LogP) is 3.24. The highest BCUT2D eigenvalue weighted by atomic mass is 16.5. The van der Waals surface area contributed by atoms with E-state index in [0.717, 1.165) is 11.1 Å². The highest BCUT2D eigenvalue weighted by Gasteiger charge is 2.15. The summed E-state index contributed by atoms with van der Waals surface area (Å²) in [5, 5.41) is 11.0. The number of nitrogens with one attached hydrogen (secondary N) is 4. The first-order chi connectivity index (χ1) is 21.5. The second-order valence-electron chi connectivity index (χ2n) is 9.61. The molecule has 0 heterocycles. The first kappa shape index (κ1) is 31.3. The Morgan fingerprint density at radius 1 is 0.455 bits per heavy atom. The Bertz CT molecular complexity index is 1430. The Kier molecular flexibility index (Phi) is 11.9. The first-order valence-electron chi connectivity index (χ1n) is 14.1. The Morgan fingerprint density at radius 2 is 0.818 bits per heavy atom. The maximum atomic E-state index is 12.8. The van der Waals surface area contributed by atoms with E-state index in [0.29, 0.717) is 13.1 Å². The zero-order chi connectivity index (χ0) is 31.0. The molecule has 0 spiro atoms. The van der Waals surface area contributed by atoms with E-state index in [-0.39, 0.29) is 60.7 Å². The number of para-hydroxylation sites is 2. The minimum atomic E-state index is -0.412. The molecule has 226 valence electrons. The second-order valence-corrected chi connectivity index (χ2v) is 9.61. The van der Waals surface area contributed by atoms with Crippen LogP contribution in [0.1, 0.15) is 31.8 Å². The molecular weight excluding hydrogens is 560 g/mol. The molecule has 0 atom stereocenters. The fourth-order valence-electron chi connectivity index (χ4n) is 4.08. The molecule has 4 aromatic rings. The largest absolute Gasteiger partial charge is 0.483 e. The highest BCUT2D eigenvalue weighted by molar-refractivity contribution is 5.98. The Balaban J connectivity index is 1.19. The summed E-state index contributed by atoms with van der Waals surface area (Å²) in [6.07, 6.45) is 0. The van der Waals surface area contributed by atoms with Crippen LogP contribution in [0.15, 0.2) is 109 Å². The number of carbonyl (C=O) groups excluding carboxylic acids is 4. The standard InChI is InChI=1S/C34H34N4O6/c39-31(37-21-25-11-3-1-4-12-25)23-43-29-17-9-7-15-27(29)33(41)35-19-20-36-34(42)28-16-8-10-18-30(28)44-24-32(40)38-22-26-13-5-2-6-14-26/h1-18H,19-24H2,(H,35,41)(H,36,42)(H,37,39)(H,38,40). The summed E-state index contributed by atoms with van der Waals surface area (Å²) in [4.78, 5) is 50.1. The van der Waals surface area contributed by atoms with Crippen molar-refractivity contribution in [3.63, 3.8) is 0 Å². The van der Waals surface area contributed by atoms with Gasteiger partial charge in [0.25, 0.3) is 23.6 Å². The van der Waals surface area contributed by atoms with Crippen LogP contribution in [0.5, 0.6) is 11.5 Å². The number of ether oxygens (including phenoxy) is 2. The van der Waals surface area contributed by atoms with E-state index in [4.69, 9.17) is 9.47 Å². The normalized spacial score (nSPS) is 10.3. The molecule has 44 heavy (non-hydrogen) atoms. The number of benzene rings is 4. The molecule has 0 aromatic heterocycles. The van der Waals surface area contributed by atoms with Gasteiger partial charge in [0.05, 0.1) is 11.1 Å². The van der Waals surface area contributed by atoms with Crippen molar-refractivity contribution in [1.82, 2.24) is 21.3 Å². The van der Waals surface area contributed by atoms with E-state index in [1.165, 1.54) is 0 Å². The van der Waals surface area contributed by atoms with Crippen LogP contribution in [-0.2, 0) is 22.7 Å². The molecule has 4 amide bonds. The van der Waals surface area contributed by atoms with Gasteiger partial charge in [0.1, 0.15) is 11.5 Å². The Labute approximate surface area is 255 Å². The first-order valence-corrected chi connectivity index (χ1v) is 14.1. The third-order valence-corrected chi connectivity index (χ3v) is 6.34. The van der Waals surface area contributed by atoms with Crippen molar-refractivity contribution in [3.8, 4) is 11.5 Å². The lowest BCUT2D eigenvalue weighted by molar-refractivity contribution is -0.124. The van der Waals surface area contributed by atoms with Crippen LogP contribution in [0.3, 0.4) is 0 Å². The van der Waals surface area contributed by atoms with E-state index in [2.05, 4.69) is 21.3 Å². The molecule has 0 saturated heterocycles. The zero-order valence-corrected chi connectivity index (χ0v) is 24.1.